The molecule has 2 aromatic rings. The first-order chi connectivity index (χ1) is 8.78. The van der Waals surface area contributed by atoms with Gasteiger partial charge in [-0.15, -0.1) is 0 Å². The minimum atomic E-state index is 0.441. The van der Waals surface area contributed by atoms with Crippen molar-refractivity contribution in [3.8, 4) is 11.6 Å². The molecule has 1 N–H and O–H groups in total. The van der Waals surface area contributed by atoms with Gasteiger partial charge in [0.1, 0.15) is 0 Å². The summed E-state index contributed by atoms with van der Waals surface area (Å²) in [5, 5.41) is 7.30. The summed E-state index contributed by atoms with van der Waals surface area (Å²) in [7, 11) is 1.98. The molecule has 18 heavy (non-hydrogen) atoms. The Morgan fingerprint density at radius 1 is 1.50 bits per heavy atom. The topological polar surface area (TPSA) is 64.1 Å². The minimum Gasteiger partial charge on any atom is -0.461 e. The van der Waals surface area contributed by atoms with Gasteiger partial charge in [0.2, 0.25) is 11.7 Å². The van der Waals surface area contributed by atoms with Crippen molar-refractivity contribution in [2.75, 3.05) is 7.05 Å². The Morgan fingerprint density at radius 2 is 2.33 bits per heavy atom. The average molecular weight is 247 g/mol. The van der Waals surface area contributed by atoms with E-state index < -0.39 is 0 Å². The monoisotopic (exact) mass is 247 g/mol. The van der Waals surface area contributed by atoms with Crippen LogP contribution in [0.3, 0.4) is 0 Å². The molecule has 2 aromatic heterocycles. The zero-order valence-corrected chi connectivity index (χ0v) is 10.6. The van der Waals surface area contributed by atoms with Crippen molar-refractivity contribution in [1.82, 2.24) is 15.5 Å². The average Bonchev–Trinajstić information content (AvgIpc) is 2.96. The lowest BCUT2D eigenvalue weighted by Crippen LogP contribution is -2.29. The first-order valence-corrected chi connectivity index (χ1v) is 6.32. The van der Waals surface area contributed by atoms with Gasteiger partial charge in [0.15, 0.2) is 5.76 Å². The van der Waals surface area contributed by atoms with E-state index in [2.05, 4.69) is 15.5 Å². The molecule has 96 valence electrons. The second-order valence-electron chi connectivity index (χ2n) is 4.88. The molecule has 0 amide bonds. The molecule has 0 radical (unpaired) electrons. The van der Waals surface area contributed by atoms with Gasteiger partial charge in [0.05, 0.1) is 6.26 Å². The highest BCUT2D eigenvalue weighted by molar-refractivity contribution is 5.50. The van der Waals surface area contributed by atoms with E-state index in [0.717, 1.165) is 17.9 Å². The predicted octanol–water partition coefficient (Wildman–Crippen LogP) is 2.18. The van der Waals surface area contributed by atoms with Gasteiger partial charge >= 0.3 is 0 Å². The third-order valence-corrected chi connectivity index (χ3v) is 3.49. The number of aryl methyl sites for hydroxylation is 1. The van der Waals surface area contributed by atoms with Gasteiger partial charge in [-0.2, -0.15) is 4.98 Å². The number of hydrogen-bond acceptors (Lipinski definition) is 5. The zero-order chi connectivity index (χ0) is 12.5. The van der Waals surface area contributed by atoms with E-state index in [4.69, 9.17) is 8.94 Å². The normalized spacial score (nSPS) is 17.0. The van der Waals surface area contributed by atoms with Crippen molar-refractivity contribution >= 4 is 0 Å². The van der Waals surface area contributed by atoms with Crippen molar-refractivity contribution < 1.29 is 8.94 Å². The summed E-state index contributed by atoms with van der Waals surface area (Å²) in [6.45, 7) is 1.97. The van der Waals surface area contributed by atoms with Gasteiger partial charge in [-0.05, 0) is 44.4 Å². The fourth-order valence-corrected chi connectivity index (χ4v) is 2.22. The third kappa shape index (κ3) is 2.18. The smallest absolute Gasteiger partial charge is 0.238 e. The molecule has 0 saturated heterocycles. The first-order valence-electron chi connectivity index (χ1n) is 6.32. The molecule has 0 aliphatic heterocycles. The van der Waals surface area contributed by atoms with Crippen LogP contribution in [0.1, 0.15) is 24.3 Å². The van der Waals surface area contributed by atoms with Crippen molar-refractivity contribution in [2.24, 2.45) is 5.92 Å². The molecule has 1 aliphatic carbocycles. The number of nitrogens with one attached hydrogen (secondary N) is 1. The van der Waals surface area contributed by atoms with Gasteiger partial charge in [0.25, 0.3) is 0 Å². The van der Waals surface area contributed by atoms with Gasteiger partial charge in [-0.25, -0.2) is 0 Å². The molecule has 5 nitrogen and oxygen atoms in total. The van der Waals surface area contributed by atoms with Gasteiger partial charge in [-0.3, -0.25) is 0 Å². The van der Waals surface area contributed by atoms with E-state index in [9.17, 15) is 0 Å². The lowest BCUT2D eigenvalue weighted by Gasteiger charge is -2.11. The molecule has 3 rings (SSSR count). The third-order valence-electron chi connectivity index (χ3n) is 3.49. The second-order valence-corrected chi connectivity index (χ2v) is 4.88. The summed E-state index contributed by atoms with van der Waals surface area (Å²) in [6.07, 6.45) is 5.02. The van der Waals surface area contributed by atoms with Crippen LogP contribution in [0.5, 0.6) is 0 Å². The number of rotatable bonds is 5. The molecule has 1 fully saturated rings. The zero-order valence-electron chi connectivity index (χ0n) is 10.6. The van der Waals surface area contributed by atoms with E-state index in [1.54, 1.807) is 6.26 Å². The molecular weight excluding hydrogens is 230 g/mol. The number of aromatic nitrogens is 2. The Bertz CT molecular complexity index is 528. The van der Waals surface area contributed by atoms with Crippen LogP contribution in [0.25, 0.3) is 11.6 Å². The SMILES string of the molecule is CNC(Cc1nc(-c2occc2C)no1)C1CC1. The van der Waals surface area contributed by atoms with Gasteiger partial charge in [-0.1, -0.05) is 5.16 Å². The van der Waals surface area contributed by atoms with Gasteiger partial charge < -0.3 is 14.3 Å². The Hall–Kier alpha value is -1.62. The Kier molecular flexibility index (Phi) is 2.91. The molecular formula is C13H17N3O2. The molecule has 1 unspecified atom stereocenters. The molecule has 1 saturated carbocycles. The summed E-state index contributed by atoms with van der Waals surface area (Å²) in [6, 6.07) is 2.34. The summed E-state index contributed by atoms with van der Waals surface area (Å²) in [4.78, 5) is 4.40. The fourth-order valence-electron chi connectivity index (χ4n) is 2.22. The van der Waals surface area contributed by atoms with Gasteiger partial charge in [0, 0.05) is 12.5 Å². The van der Waals surface area contributed by atoms with Crippen molar-refractivity contribution in [3.63, 3.8) is 0 Å². The summed E-state index contributed by atoms with van der Waals surface area (Å²) in [5.41, 5.74) is 1.02. The molecule has 0 aromatic carbocycles. The molecule has 1 aliphatic rings. The molecule has 0 bridgehead atoms. The summed E-state index contributed by atoms with van der Waals surface area (Å²) in [5.74, 6) is 2.67. The van der Waals surface area contributed by atoms with E-state index in [1.807, 2.05) is 20.0 Å². The van der Waals surface area contributed by atoms with E-state index >= 15 is 0 Å². The highest BCUT2D eigenvalue weighted by Gasteiger charge is 2.31. The summed E-state index contributed by atoms with van der Waals surface area (Å²) < 4.78 is 10.6. The van der Waals surface area contributed by atoms with E-state index in [0.29, 0.717) is 23.5 Å². The van der Waals surface area contributed by atoms with Crippen LogP contribution in [0.4, 0.5) is 0 Å². The lowest BCUT2D eigenvalue weighted by molar-refractivity contribution is 0.351. The standard InChI is InChI=1S/C13H17N3O2/c1-8-5-6-17-12(8)13-15-11(18-16-13)7-10(14-2)9-3-4-9/h5-6,9-10,14H,3-4,7H2,1-2H3. The van der Waals surface area contributed by atoms with Crippen molar-refractivity contribution in [3.05, 3.63) is 23.8 Å². The first kappa shape index (κ1) is 11.5. The Balaban J connectivity index is 1.75. The highest BCUT2D eigenvalue weighted by Crippen LogP contribution is 2.34. The molecule has 2 heterocycles. The van der Waals surface area contributed by atoms with Crippen molar-refractivity contribution in [1.29, 1.82) is 0 Å². The Labute approximate surface area is 106 Å². The molecule has 0 spiro atoms. The number of furan rings is 1. The molecule has 1 atom stereocenters. The fraction of sp³-hybridized carbons (Fsp3) is 0.538. The highest BCUT2D eigenvalue weighted by atomic mass is 16.5. The van der Waals surface area contributed by atoms with Crippen LogP contribution in [0.2, 0.25) is 0 Å². The van der Waals surface area contributed by atoms with Crippen LogP contribution in [0, 0.1) is 12.8 Å². The second kappa shape index (κ2) is 4.57. The van der Waals surface area contributed by atoms with Crippen LogP contribution >= 0.6 is 0 Å². The lowest BCUT2D eigenvalue weighted by atomic mass is 10.1. The van der Waals surface area contributed by atoms with Crippen LogP contribution < -0.4 is 5.32 Å². The van der Waals surface area contributed by atoms with Crippen LogP contribution in [-0.2, 0) is 6.42 Å². The van der Waals surface area contributed by atoms with Crippen molar-refractivity contribution in [2.45, 2.75) is 32.2 Å². The maximum atomic E-state index is 5.35. The van der Waals surface area contributed by atoms with E-state index in [-0.39, 0.29) is 0 Å². The maximum absolute atomic E-state index is 5.35. The largest absolute Gasteiger partial charge is 0.461 e. The van der Waals surface area contributed by atoms with Crippen LogP contribution in [0.15, 0.2) is 21.3 Å². The summed E-state index contributed by atoms with van der Waals surface area (Å²) >= 11 is 0. The quantitative estimate of drug-likeness (QED) is 0.877. The number of likely N-dealkylation sites (N-methyl/N-ethyl adjacent to an activating group) is 1. The van der Waals surface area contributed by atoms with Crippen LogP contribution in [-0.4, -0.2) is 23.2 Å². The Morgan fingerprint density at radius 3 is 2.94 bits per heavy atom. The molecule has 5 heteroatoms. The predicted molar refractivity (Wildman–Crippen MR) is 66.0 cm³/mol. The minimum absolute atomic E-state index is 0.441. The maximum Gasteiger partial charge on any atom is 0.238 e. The number of nitrogens with zero attached hydrogens (tertiary/aromatic N) is 2. The van der Waals surface area contributed by atoms with E-state index in [1.165, 1.54) is 12.8 Å². The number of hydrogen-bond donors (Lipinski definition) is 1.